The van der Waals surface area contributed by atoms with Crippen molar-refractivity contribution in [1.82, 2.24) is 14.8 Å². The molecule has 150 valence electrons. The van der Waals surface area contributed by atoms with Gasteiger partial charge in [-0.3, -0.25) is 9.36 Å². The van der Waals surface area contributed by atoms with Gasteiger partial charge in [0, 0.05) is 17.3 Å². The molecule has 1 amide bonds. The van der Waals surface area contributed by atoms with Crippen LogP contribution in [0.5, 0.6) is 5.75 Å². The molecule has 0 saturated carbocycles. The van der Waals surface area contributed by atoms with Gasteiger partial charge in [-0.2, -0.15) is 0 Å². The Bertz CT molecular complexity index is 1000. The van der Waals surface area contributed by atoms with Crippen molar-refractivity contribution in [1.29, 1.82) is 0 Å². The standard InChI is InChI=1S/C21H21ClN4O2S/c1-4-13-26-19(17-7-5-6-8-18(17)28-3)24-25-21(26)29-14(2)20(27)23-16-11-9-15(22)10-12-16/h4-12,14H,1,13H2,2-3H3,(H,23,27). The largest absolute Gasteiger partial charge is 0.496 e. The average Bonchev–Trinajstić information content (AvgIpc) is 3.12. The van der Waals surface area contributed by atoms with Crippen LogP contribution >= 0.6 is 23.4 Å². The minimum atomic E-state index is -0.385. The first-order valence-electron chi connectivity index (χ1n) is 8.94. The number of anilines is 1. The number of carbonyl (C=O) groups is 1. The Labute approximate surface area is 178 Å². The van der Waals surface area contributed by atoms with Gasteiger partial charge in [-0.25, -0.2) is 0 Å². The molecule has 0 spiro atoms. The van der Waals surface area contributed by atoms with E-state index < -0.39 is 0 Å². The average molecular weight is 429 g/mol. The van der Waals surface area contributed by atoms with E-state index in [1.54, 1.807) is 37.5 Å². The monoisotopic (exact) mass is 428 g/mol. The highest BCUT2D eigenvalue weighted by Gasteiger charge is 2.21. The van der Waals surface area contributed by atoms with Crippen LogP contribution in [0.1, 0.15) is 6.92 Å². The van der Waals surface area contributed by atoms with Crippen LogP contribution in [0.3, 0.4) is 0 Å². The third kappa shape index (κ3) is 4.99. The zero-order valence-corrected chi connectivity index (χ0v) is 17.7. The van der Waals surface area contributed by atoms with E-state index in [-0.39, 0.29) is 11.2 Å². The molecule has 3 rings (SSSR count). The zero-order chi connectivity index (χ0) is 20.8. The van der Waals surface area contributed by atoms with Crippen LogP contribution < -0.4 is 10.1 Å². The first-order valence-corrected chi connectivity index (χ1v) is 10.2. The molecule has 2 aromatic carbocycles. The molecule has 6 nitrogen and oxygen atoms in total. The predicted octanol–water partition coefficient (Wildman–Crippen LogP) is 4.91. The number of rotatable bonds is 8. The van der Waals surface area contributed by atoms with E-state index in [0.717, 1.165) is 5.56 Å². The first-order chi connectivity index (χ1) is 14.0. The summed E-state index contributed by atoms with van der Waals surface area (Å²) in [5, 5.41) is 12.4. The number of amides is 1. The summed E-state index contributed by atoms with van der Waals surface area (Å²) in [6.45, 7) is 6.16. The molecule has 1 aromatic heterocycles. The number of methoxy groups -OCH3 is 1. The third-order valence-electron chi connectivity index (χ3n) is 4.14. The molecule has 29 heavy (non-hydrogen) atoms. The molecule has 0 aliphatic heterocycles. The van der Waals surface area contributed by atoms with Gasteiger partial charge in [0.2, 0.25) is 5.91 Å². The number of thioether (sulfide) groups is 1. The van der Waals surface area contributed by atoms with Gasteiger partial charge in [-0.15, -0.1) is 16.8 Å². The van der Waals surface area contributed by atoms with Crippen LogP contribution in [0, 0.1) is 0 Å². The van der Waals surface area contributed by atoms with Gasteiger partial charge >= 0.3 is 0 Å². The maximum atomic E-state index is 12.6. The summed E-state index contributed by atoms with van der Waals surface area (Å²) < 4.78 is 7.37. The summed E-state index contributed by atoms with van der Waals surface area (Å²) in [4.78, 5) is 12.6. The minimum absolute atomic E-state index is 0.135. The second-order valence-electron chi connectivity index (χ2n) is 6.16. The maximum absolute atomic E-state index is 12.6. The second kappa shape index (κ2) is 9.62. The molecule has 3 aromatic rings. The second-order valence-corrected chi connectivity index (χ2v) is 7.91. The number of carbonyl (C=O) groups excluding carboxylic acids is 1. The zero-order valence-electron chi connectivity index (χ0n) is 16.1. The fourth-order valence-electron chi connectivity index (χ4n) is 2.69. The Balaban J connectivity index is 1.81. The van der Waals surface area contributed by atoms with E-state index in [1.807, 2.05) is 35.8 Å². The van der Waals surface area contributed by atoms with Gasteiger partial charge in [-0.05, 0) is 43.3 Å². The van der Waals surface area contributed by atoms with Gasteiger partial charge in [-0.1, -0.05) is 41.6 Å². The number of para-hydroxylation sites is 1. The predicted molar refractivity (Wildman–Crippen MR) is 118 cm³/mol. The van der Waals surface area contributed by atoms with Gasteiger partial charge in [0.15, 0.2) is 11.0 Å². The van der Waals surface area contributed by atoms with E-state index in [4.69, 9.17) is 16.3 Å². The van der Waals surface area contributed by atoms with Crippen molar-refractivity contribution in [2.75, 3.05) is 12.4 Å². The fourth-order valence-corrected chi connectivity index (χ4v) is 3.67. The third-order valence-corrected chi connectivity index (χ3v) is 5.47. The topological polar surface area (TPSA) is 69.0 Å². The minimum Gasteiger partial charge on any atom is -0.496 e. The number of halogens is 1. The lowest BCUT2D eigenvalue weighted by Crippen LogP contribution is -2.22. The van der Waals surface area contributed by atoms with Crippen molar-refractivity contribution in [2.24, 2.45) is 0 Å². The van der Waals surface area contributed by atoms with Crippen LogP contribution in [-0.2, 0) is 11.3 Å². The Morgan fingerprint density at radius 3 is 2.69 bits per heavy atom. The molecule has 0 saturated heterocycles. The normalized spacial score (nSPS) is 11.7. The number of nitrogens with zero attached hydrogens (tertiary/aromatic N) is 3. The van der Waals surface area contributed by atoms with Gasteiger partial charge in [0.1, 0.15) is 5.75 Å². The van der Waals surface area contributed by atoms with Crippen molar-refractivity contribution >= 4 is 35.0 Å². The van der Waals surface area contributed by atoms with Crippen molar-refractivity contribution < 1.29 is 9.53 Å². The van der Waals surface area contributed by atoms with E-state index >= 15 is 0 Å². The fraction of sp³-hybridized carbons (Fsp3) is 0.190. The van der Waals surface area contributed by atoms with Crippen LogP contribution in [0.2, 0.25) is 5.02 Å². The van der Waals surface area contributed by atoms with Crippen LogP contribution in [-0.4, -0.2) is 33.0 Å². The highest BCUT2D eigenvalue weighted by Crippen LogP contribution is 2.32. The number of hydrogen-bond acceptors (Lipinski definition) is 5. The molecule has 0 aliphatic rings. The van der Waals surface area contributed by atoms with E-state index in [9.17, 15) is 4.79 Å². The SMILES string of the molecule is C=CCn1c(SC(C)C(=O)Nc2ccc(Cl)cc2)nnc1-c1ccccc1OC. The molecule has 0 aliphatic carbocycles. The van der Waals surface area contributed by atoms with Crippen LogP contribution in [0.4, 0.5) is 5.69 Å². The van der Waals surface area contributed by atoms with Crippen molar-refractivity contribution in [3.8, 4) is 17.1 Å². The molecule has 1 atom stereocenters. The van der Waals surface area contributed by atoms with Crippen molar-refractivity contribution in [3.63, 3.8) is 0 Å². The molecular weight excluding hydrogens is 408 g/mol. The summed E-state index contributed by atoms with van der Waals surface area (Å²) >= 11 is 7.22. The van der Waals surface area contributed by atoms with Crippen molar-refractivity contribution in [2.45, 2.75) is 23.9 Å². The molecule has 0 fully saturated rings. The van der Waals surface area contributed by atoms with Gasteiger partial charge in [0.25, 0.3) is 0 Å². The lowest BCUT2D eigenvalue weighted by molar-refractivity contribution is -0.115. The highest BCUT2D eigenvalue weighted by molar-refractivity contribution is 8.00. The van der Waals surface area contributed by atoms with Gasteiger partial charge < -0.3 is 10.1 Å². The first kappa shape index (κ1) is 21.0. The highest BCUT2D eigenvalue weighted by atomic mass is 35.5. The number of ether oxygens (including phenoxy) is 1. The lowest BCUT2D eigenvalue weighted by Gasteiger charge is -2.13. The number of allylic oxidation sites excluding steroid dienone is 1. The van der Waals surface area contributed by atoms with Crippen molar-refractivity contribution in [3.05, 3.63) is 66.2 Å². The number of nitrogens with one attached hydrogen (secondary N) is 1. The molecule has 8 heteroatoms. The van der Waals surface area contributed by atoms with Crippen LogP contribution in [0.15, 0.2) is 66.3 Å². The van der Waals surface area contributed by atoms with E-state index in [2.05, 4.69) is 22.1 Å². The molecule has 0 radical (unpaired) electrons. The number of benzene rings is 2. The summed E-state index contributed by atoms with van der Waals surface area (Å²) in [7, 11) is 1.62. The summed E-state index contributed by atoms with van der Waals surface area (Å²) in [5.74, 6) is 1.23. The molecule has 1 unspecified atom stereocenters. The number of aromatic nitrogens is 3. The Hall–Kier alpha value is -2.77. The van der Waals surface area contributed by atoms with E-state index in [0.29, 0.717) is 34.0 Å². The Morgan fingerprint density at radius 1 is 1.28 bits per heavy atom. The number of hydrogen-bond donors (Lipinski definition) is 1. The molecule has 0 bridgehead atoms. The quantitative estimate of drug-likeness (QED) is 0.407. The maximum Gasteiger partial charge on any atom is 0.237 e. The lowest BCUT2D eigenvalue weighted by atomic mass is 10.2. The summed E-state index contributed by atoms with van der Waals surface area (Å²) in [5.41, 5.74) is 1.52. The molecule has 1 N–H and O–H groups in total. The molecular formula is C21H21ClN4O2S. The van der Waals surface area contributed by atoms with E-state index in [1.165, 1.54) is 11.8 Å². The van der Waals surface area contributed by atoms with Crippen LogP contribution in [0.25, 0.3) is 11.4 Å². The smallest absolute Gasteiger partial charge is 0.237 e. The summed E-state index contributed by atoms with van der Waals surface area (Å²) in [6, 6.07) is 14.6. The Morgan fingerprint density at radius 2 is 2.00 bits per heavy atom. The Kier molecular flexibility index (Phi) is 6.95. The van der Waals surface area contributed by atoms with Gasteiger partial charge in [0.05, 0.1) is 17.9 Å². The molecule has 1 heterocycles. The summed E-state index contributed by atoms with van der Waals surface area (Å²) in [6.07, 6.45) is 1.77.